The van der Waals surface area contributed by atoms with Crippen molar-refractivity contribution in [3.8, 4) is 0 Å². The summed E-state index contributed by atoms with van der Waals surface area (Å²) in [7, 11) is 0. The van der Waals surface area contributed by atoms with Gasteiger partial charge in [0.2, 0.25) is 0 Å². The zero-order valence-electron chi connectivity index (χ0n) is 19.3. The van der Waals surface area contributed by atoms with E-state index in [1.165, 1.54) is 5.00 Å². The van der Waals surface area contributed by atoms with Gasteiger partial charge in [0.25, 0.3) is 5.91 Å². The van der Waals surface area contributed by atoms with Gasteiger partial charge in [-0.3, -0.25) is 4.79 Å². The largest absolute Gasteiger partial charge is 0.363 e. The molecule has 1 fully saturated rings. The first kappa shape index (κ1) is 26.4. The molecule has 2 heterocycles. The van der Waals surface area contributed by atoms with Gasteiger partial charge < -0.3 is 20.4 Å². The van der Waals surface area contributed by atoms with E-state index in [0.29, 0.717) is 12.6 Å². The standard InChI is InChI=1S/C24H35N5OS.HI/c1-4-25-24(27-21-13-15-29(16-14-21)22-8-7-17-31-22)26-18-19-9-11-20(12-10-19)23(30)28(5-2)6-3;/h7-12,17,21H,4-6,13-16,18H2,1-3H3,(H2,25,26,27);1H. The molecule has 0 bridgehead atoms. The maximum absolute atomic E-state index is 12.5. The summed E-state index contributed by atoms with van der Waals surface area (Å²) in [5, 5.41) is 10.5. The van der Waals surface area contributed by atoms with E-state index in [9.17, 15) is 4.79 Å². The molecule has 1 amide bonds. The minimum Gasteiger partial charge on any atom is -0.363 e. The van der Waals surface area contributed by atoms with Gasteiger partial charge in [0, 0.05) is 44.3 Å². The van der Waals surface area contributed by atoms with Crippen molar-refractivity contribution >= 4 is 52.2 Å². The van der Waals surface area contributed by atoms with Crippen molar-refractivity contribution < 1.29 is 4.79 Å². The Morgan fingerprint density at radius 3 is 2.38 bits per heavy atom. The van der Waals surface area contributed by atoms with Gasteiger partial charge in [0.1, 0.15) is 0 Å². The third-order valence-corrected chi connectivity index (χ3v) is 6.60. The molecular weight excluding hydrogens is 533 g/mol. The van der Waals surface area contributed by atoms with Crippen LogP contribution in [0.25, 0.3) is 0 Å². The molecule has 1 aromatic carbocycles. The van der Waals surface area contributed by atoms with E-state index in [-0.39, 0.29) is 29.9 Å². The highest BCUT2D eigenvalue weighted by Gasteiger charge is 2.20. The van der Waals surface area contributed by atoms with Crippen LogP contribution in [0.5, 0.6) is 0 Å². The fourth-order valence-corrected chi connectivity index (χ4v) is 4.61. The third kappa shape index (κ3) is 7.37. The summed E-state index contributed by atoms with van der Waals surface area (Å²) in [4.78, 5) is 21.5. The fraction of sp³-hybridized carbons (Fsp3) is 0.500. The second kappa shape index (κ2) is 13.7. The van der Waals surface area contributed by atoms with Crippen molar-refractivity contribution in [1.29, 1.82) is 0 Å². The van der Waals surface area contributed by atoms with Crippen LogP contribution in [0, 0.1) is 0 Å². The molecule has 0 spiro atoms. The summed E-state index contributed by atoms with van der Waals surface area (Å²) < 4.78 is 0. The molecule has 2 N–H and O–H groups in total. The number of hydrogen-bond donors (Lipinski definition) is 2. The van der Waals surface area contributed by atoms with E-state index in [1.54, 1.807) is 0 Å². The molecule has 0 aliphatic carbocycles. The number of hydrogen-bond acceptors (Lipinski definition) is 4. The second-order valence-corrected chi connectivity index (χ2v) is 8.65. The first-order valence-electron chi connectivity index (χ1n) is 11.4. The molecule has 0 atom stereocenters. The minimum absolute atomic E-state index is 0. The summed E-state index contributed by atoms with van der Waals surface area (Å²) in [5.41, 5.74) is 1.83. The smallest absolute Gasteiger partial charge is 0.253 e. The lowest BCUT2D eigenvalue weighted by Crippen LogP contribution is -2.48. The van der Waals surface area contributed by atoms with Gasteiger partial charge in [0.05, 0.1) is 11.5 Å². The van der Waals surface area contributed by atoms with Crippen LogP contribution < -0.4 is 15.5 Å². The molecule has 8 heteroatoms. The van der Waals surface area contributed by atoms with Gasteiger partial charge in [-0.25, -0.2) is 4.99 Å². The molecule has 3 rings (SSSR count). The Balaban J connectivity index is 0.00000363. The van der Waals surface area contributed by atoms with E-state index in [2.05, 4.69) is 40.0 Å². The number of carbonyl (C=O) groups excluding carboxylic acids is 1. The lowest BCUT2D eigenvalue weighted by atomic mass is 10.1. The number of amides is 1. The van der Waals surface area contributed by atoms with Crippen molar-refractivity contribution in [2.45, 2.75) is 46.2 Å². The van der Waals surface area contributed by atoms with E-state index in [0.717, 1.165) is 62.7 Å². The zero-order chi connectivity index (χ0) is 22.1. The van der Waals surface area contributed by atoms with Crippen LogP contribution in [-0.4, -0.2) is 55.5 Å². The average molecular weight is 570 g/mol. The maximum atomic E-state index is 12.5. The Hall–Kier alpha value is -1.81. The van der Waals surface area contributed by atoms with E-state index in [4.69, 9.17) is 4.99 Å². The molecule has 176 valence electrons. The number of thiophene rings is 1. The number of rotatable bonds is 8. The molecule has 0 unspecified atom stereocenters. The monoisotopic (exact) mass is 569 g/mol. The summed E-state index contributed by atoms with van der Waals surface area (Å²) in [5.74, 6) is 0.948. The van der Waals surface area contributed by atoms with Crippen LogP contribution in [-0.2, 0) is 6.54 Å². The Labute approximate surface area is 213 Å². The molecule has 1 saturated heterocycles. The summed E-state index contributed by atoms with van der Waals surface area (Å²) in [6.07, 6.45) is 2.20. The molecule has 0 saturated carbocycles. The number of benzene rings is 1. The average Bonchev–Trinajstić information content (AvgIpc) is 3.34. The lowest BCUT2D eigenvalue weighted by Gasteiger charge is -2.33. The normalized spacial score (nSPS) is 14.6. The van der Waals surface area contributed by atoms with Gasteiger partial charge in [-0.1, -0.05) is 12.1 Å². The number of guanidine groups is 1. The number of aliphatic imine (C=N–C) groups is 1. The van der Waals surface area contributed by atoms with Gasteiger partial charge in [0.15, 0.2) is 5.96 Å². The van der Waals surface area contributed by atoms with E-state index < -0.39 is 0 Å². The molecule has 1 aliphatic rings. The predicted molar refractivity (Wildman–Crippen MR) is 147 cm³/mol. The SMILES string of the molecule is CCNC(=NCc1ccc(C(=O)N(CC)CC)cc1)NC1CCN(c2cccs2)CC1.I. The topological polar surface area (TPSA) is 60.0 Å². The van der Waals surface area contributed by atoms with E-state index in [1.807, 2.05) is 54.3 Å². The number of nitrogens with zero attached hydrogens (tertiary/aromatic N) is 3. The van der Waals surface area contributed by atoms with Gasteiger partial charge in [-0.2, -0.15) is 0 Å². The molecule has 1 aliphatic heterocycles. The van der Waals surface area contributed by atoms with Crippen LogP contribution in [0.3, 0.4) is 0 Å². The highest BCUT2D eigenvalue weighted by molar-refractivity contribution is 14.0. The van der Waals surface area contributed by atoms with Crippen LogP contribution in [0.15, 0.2) is 46.8 Å². The summed E-state index contributed by atoms with van der Waals surface area (Å²) in [6, 6.07) is 12.6. The quantitative estimate of drug-likeness (QED) is 0.278. The van der Waals surface area contributed by atoms with Crippen LogP contribution in [0.4, 0.5) is 5.00 Å². The first-order valence-corrected chi connectivity index (χ1v) is 12.2. The fourth-order valence-electron chi connectivity index (χ4n) is 3.82. The predicted octanol–water partition coefficient (Wildman–Crippen LogP) is 4.57. The molecule has 32 heavy (non-hydrogen) atoms. The summed E-state index contributed by atoms with van der Waals surface area (Å²) in [6.45, 7) is 11.1. The molecule has 0 radical (unpaired) electrons. The van der Waals surface area contributed by atoms with Crippen molar-refractivity contribution in [3.05, 3.63) is 52.9 Å². The van der Waals surface area contributed by atoms with Gasteiger partial charge >= 0.3 is 0 Å². The van der Waals surface area contributed by atoms with Crippen molar-refractivity contribution in [2.75, 3.05) is 37.6 Å². The molecule has 1 aromatic heterocycles. The Morgan fingerprint density at radius 1 is 1.12 bits per heavy atom. The molecule has 6 nitrogen and oxygen atoms in total. The van der Waals surface area contributed by atoms with Crippen molar-refractivity contribution in [3.63, 3.8) is 0 Å². The highest BCUT2D eigenvalue weighted by Crippen LogP contribution is 2.24. The van der Waals surface area contributed by atoms with Gasteiger partial charge in [-0.05, 0) is 68.8 Å². The van der Waals surface area contributed by atoms with Crippen molar-refractivity contribution in [1.82, 2.24) is 15.5 Å². The van der Waals surface area contributed by atoms with Gasteiger partial charge in [-0.15, -0.1) is 35.3 Å². The van der Waals surface area contributed by atoms with E-state index >= 15 is 0 Å². The number of piperidine rings is 1. The van der Waals surface area contributed by atoms with Crippen LogP contribution in [0.2, 0.25) is 0 Å². The lowest BCUT2D eigenvalue weighted by molar-refractivity contribution is 0.0773. The Morgan fingerprint density at radius 2 is 1.81 bits per heavy atom. The zero-order valence-corrected chi connectivity index (χ0v) is 22.5. The Bertz CT molecular complexity index is 829. The first-order chi connectivity index (χ1) is 15.1. The van der Waals surface area contributed by atoms with Crippen molar-refractivity contribution in [2.24, 2.45) is 4.99 Å². The van der Waals surface area contributed by atoms with Crippen LogP contribution >= 0.6 is 35.3 Å². The maximum Gasteiger partial charge on any atom is 0.253 e. The summed E-state index contributed by atoms with van der Waals surface area (Å²) >= 11 is 1.81. The Kier molecular flexibility index (Phi) is 11.3. The number of nitrogens with one attached hydrogen (secondary N) is 2. The second-order valence-electron chi connectivity index (χ2n) is 7.73. The van der Waals surface area contributed by atoms with Crippen LogP contribution in [0.1, 0.15) is 49.5 Å². The highest BCUT2D eigenvalue weighted by atomic mass is 127. The number of anilines is 1. The molecule has 2 aromatic rings. The minimum atomic E-state index is 0. The number of carbonyl (C=O) groups is 1. The third-order valence-electron chi connectivity index (χ3n) is 5.67. The molecular formula is C24H36IN5OS. The number of halogens is 1.